The Kier molecular flexibility index (Phi) is 10.8. The number of alkyl carbamates (subject to hydrolysis) is 1. The van der Waals surface area contributed by atoms with Crippen molar-refractivity contribution in [3.63, 3.8) is 0 Å². The minimum atomic E-state index is -0.500. The van der Waals surface area contributed by atoms with E-state index in [1.165, 1.54) is 18.4 Å². The molecule has 2 fully saturated rings. The predicted octanol–water partition coefficient (Wildman–Crippen LogP) is 5.92. The summed E-state index contributed by atoms with van der Waals surface area (Å²) in [4.78, 5) is 41.7. The predicted molar refractivity (Wildman–Crippen MR) is 174 cm³/mol. The first-order valence-electron chi connectivity index (χ1n) is 16.5. The van der Waals surface area contributed by atoms with Crippen LogP contribution < -0.4 is 10.6 Å². The van der Waals surface area contributed by atoms with E-state index in [0.717, 1.165) is 62.1 Å². The average molecular weight is 617 g/mol. The largest absolute Gasteiger partial charge is 0.462 e. The number of piperidine rings is 1. The number of ketones is 1. The fourth-order valence-corrected chi connectivity index (χ4v) is 6.86. The van der Waals surface area contributed by atoms with Gasteiger partial charge in [-0.25, -0.2) is 4.79 Å². The van der Waals surface area contributed by atoms with Gasteiger partial charge in [0.15, 0.2) is 5.78 Å². The lowest BCUT2D eigenvalue weighted by Gasteiger charge is -2.40. The molecular formula is C36H48N4O5. The third-order valence-corrected chi connectivity index (χ3v) is 8.94. The van der Waals surface area contributed by atoms with Crippen LogP contribution in [0.25, 0.3) is 0 Å². The van der Waals surface area contributed by atoms with Crippen LogP contribution in [0.4, 0.5) is 4.79 Å². The van der Waals surface area contributed by atoms with Crippen LogP contribution in [-0.2, 0) is 14.3 Å². The lowest BCUT2D eigenvalue weighted by atomic mass is 9.82. The third-order valence-electron chi connectivity index (χ3n) is 8.94. The highest BCUT2D eigenvalue weighted by Crippen LogP contribution is 2.43. The fraction of sp³-hybridized carbons (Fsp3) is 0.528. The molecule has 0 radical (unpaired) electrons. The molecule has 0 saturated carbocycles. The molecule has 0 aromatic heterocycles. The summed E-state index contributed by atoms with van der Waals surface area (Å²) in [5, 5.41) is 5.91. The number of allylic oxidation sites excluding steroid dienone is 4. The van der Waals surface area contributed by atoms with Crippen molar-refractivity contribution < 1.29 is 23.9 Å². The lowest BCUT2D eigenvalue weighted by Crippen LogP contribution is -2.45. The van der Waals surface area contributed by atoms with E-state index in [9.17, 15) is 14.4 Å². The van der Waals surface area contributed by atoms with Gasteiger partial charge < -0.3 is 25.0 Å². The molecule has 4 aliphatic rings. The molecule has 0 spiro atoms. The third kappa shape index (κ3) is 9.10. The summed E-state index contributed by atoms with van der Waals surface area (Å²) in [6, 6.07) is 9.13. The van der Waals surface area contributed by atoms with E-state index in [1.54, 1.807) is 18.4 Å². The molecule has 1 aromatic rings. The van der Waals surface area contributed by atoms with Crippen molar-refractivity contribution in [2.24, 2.45) is 0 Å². The van der Waals surface area contributed by atoms with Gasteiger partial charge in [0.1, 0.15) is 17.6 Å². The van der Waals surface area contributed by atoms with Crippen LogP contribution in [0.1, 0.15) is 94.0 Å². The van der Waals surface area contributed by atoms with Crippen LogP contribution >= 0.6 is 0 Å². The van der Waals surface area contributed by atoms with Crippen molar-refractivity contribution in [2.75, 3.05) is 26.2 Å². The summed E-state index contributed by atoms with van der Waals surface area (Å²) in [5.41, 5.74) is 2.37. The van der Waals surface area contributed by atoms with Gasteiger partial charge in [0.25, 0.3) is 5.91 Å². The zero-order chi connectivity index (χ0) is 31.8. The monoisotopic (exact) mass is 616 g/mol. The first-order chi connectivity index (χ1) is 21.7. The number of unbranched alkanes of at least 4 members (excludes halogenated alkanes) is 2. The number of hydrogen-bond acceptors (Lipinski definition) is 7. The Labute approximate surface area is 267 Å². The van der Waals surface area contributed by atoms with E-state index in [-0.39, 0.29) is 11.7 Å². The molecule has 2 amide bonds. The zero-order valence-electron chi connectivity index (χ0n) is 26.9. The van der Waals surface area contributed by atoms with Gasteiger partial charge in [-0.05, 0) is 89.3 Å². The molecule has 2 saturated heterocycles. The molecule has 2 N–H and O–H groups in total. The zero-order valence-corrected chi connectivity index (χ0v) is 26.9. The molecule has 242 valence electrons. The summed E-state index contributed by atoms with van der Waals surface area (Å²) in [5.74, 6) is 1.21. The van der Waals surface area contributed by atoms with Gasteiger partial charge in [0, 0.05) is 68.2 Å². The molecule has 3 aliphatic heterocycles. The van der Waals surface area contributed by atoms with Crippen LogP contribution in [0.5, 0.6) is 0 Å². The smallest absolute Gasteiger partial charge is 0.407 e. The second-order valence-corrected chi connectivity index (χ2v) is 13.5. The van der Waals surface area contributed by atoms with Gasteiger partial charge in [-0.3, -0.25) is 14.5 Å². The van der Waals surface area contributed by atoms with E-state index < -0.39 is 11.7 Å². The number of rotatable bonds is 12. The standard InChI is InChI=1S/C36H48N4O5/c1-36(2,3)45-35(43)38-17-8-4-7-16-37-34(42)32-13-6-5-12-31(32)27-22-28-14-15-29(23-27)40(28)19-18-39-20-21-44-33(25-39)26-10-9-11-30(41)24-26/h5-6,9-13,20-21,25,27-29H,4,7-8,14-19,22-24H2,1-3H3,(H,37,42)(H,38,43). The number of amides is 2. The fourth-order valence-electron chi connectivity index (χ4n) is 6.86. The second-order valence-electron chi connectivity index (χ2n) is 13.5. The van der Waals surface area contributed by atoms with E-state index in [4.69, 9.17) is 9.47 Å². The SMILES string of the molecule is CC(C)(C)OC(=O)NCCCCCNC(=O)c1ccccc1C1CC2CCC(C1)N2CCN1C=COC(C2=CC=CC(=O)C2)=C1. The highest BCUT2D eigenvalue weighted by atomic mass is 16.6. The maximum atomic E-state index is 13.2. The van der Waals surface area contributed by atoms with Crippen LogP contribution in [0.3, 0.4) is 0 Å². The Morgan fingerprint density at radius 2 is 1.73 bits per heavy atom. The van der Waals surface area contributed by atoms with Crippen LogP contribution in [0, 0.1) is 0 Å². The maximum Gasteiger partial charge on any atom is 0.407 e. The van der Waals surface area contributed by atoms with E-state index in [2.05, 4.69) is 32.6 Å². The van der Waals surface area contributed by atoms with Gasteiger partial charge in [0.05, 0.1) is 0 Å². The number of nitrogens with zero attached hydrogens (tertiary/aromatic N) is 2. The molecule has 2 atom stereocenters. The lowest BCUT2D eigenvalue weighted by molar-refractivity contribution is -0.114. The van der Waals surface area contributed by atoms with Gasteiger partial charge in [-0.2, -0.15) is 0 Å². The van der Waals surface area contributed by atoms with Crippen molar-refractivity contribution in [3.05, 3.63) is 83.6 Å². The number of ether oxygens (including phenoxy) is 2. The maximum absolute atomic E-state index is 13.2. The topological polar surface area (TPSA) is 100 Å². The summed E-state index contributed by atoms with van der Waals surface area (Å²) >= 11 is 0. The molecule has 3 heterocycles. The Hall–Kier alpha value is -3.85. The molecule has 9 nitrogen and oxygen atoms in total. The molecule has 45 heavy (non-hydrogen) atoms. The van der Waals surface area contributed by atoms with Crippen molar-refractivity contribution in [1.82, 2.24) is 20.4 Å². The van der Waals surface area contributed by atoms with E-state index >= 15 is 0 Å². The number of nitrogens with one attached hydrogen (secondary N) is 2. The Bertz CT molecular complexity index is 1340. The van der Waals surface area contributed by atoms with Crippen molar-refractivity contribution >= 4 is 17.8 Å². The first kappa shape index (κ1) is 32.5. The van der Waals surface area contributed by atoms with Gasteiger partial charge >= 0.3 is 6.09 Å². The number of hydrogen-bond donors (Lipinski definition) is 2. The summed E-state index contributed by atoms with van der Waals surface area (Å²) in [6.45, 7) is 8.53. The van der Waals surface area contributed by atoms with Gasteiger partial charge in [-0.15, -0.1) is 0 Å². The molecular weight excluding hydrogens is 568 g/mol. The minimum Gasteiger partial charge on any atom is -0.462 e. The second kappa shape index (κ2) is 15.0. The van der Waals surface area contributed by atoms with Crippen LogP contribution in [0.15, 0.2) is 72.5 Å². The molecule has 5 rings (SSSR count). The van der Waals surface area contributed by atoms with Crippen molar-refractivity contribution in [1.29, 1.82) is 0 Å². The molecule has 9 heteroatoms. The number of carbonyl (C=O) groups excluding carboxylic acids is 3. The summed E-state index contributed by atoms with van der Waals surface area (Å²) < 4.78 is 11.0. The van der Waals surface area contributed by atoms with E-state index in [0.29, 0.717) is 37.5 Å². The highest BCUT2D eigenvalue weighted by molar-refractivity contribution is 5.96. The minimum absolute atomic E-state index is 0.000719. The molecule has 2 unspecified atom stereocenters. The molecule has 2 bridgehead atoms. The Morgan fingerprint density at radius 3 is 2.47 bits per heavy atom. The van der Waals surface area contributed by atoms with Crippen LogP contribution in [-0.4, -0.2) is 71.4 Å². The van der Waals surface area contributed by atoms with Gasteiger partial charge in [0.2, 0.25) is 0 Å². The summed E-state index contributed by atoms with van der Waals surface area (Å²) in [6.07, 6.45) is 18.1. The molecule has 1 aliphatic carbocycles. The van der Waals surface area contributed by atoms with Crippen molar-refractivity contribution in [2.45, 2.75) is 95.7 Å². The number of benzene rings is 1. The van der Waals surface area contributed by atoms with Crippen molar-refractivity contribution in [3.8, 4) is 0 Å². The van der Waals surface area contributed by atoms with E-state index in [1.807, 2.05) is 51.4 Å². The average Bonchev–Trinajstić information content (AvgIpc) is 3.24. The number of carbonyl (C=O) groups is 3. The Balaban J connectivity index is 1.07. The van der Waals surface area contributed by atoms with Crippen LogP contribution in [0.2, 0.25) is 0 Å². The normalized spacial score (nSPS) is 22.9. The molecule has 1 aromatic carbocycles. The first-order valence-corrected chi connectivity index (χ1v) is 16.5. The number of fused-ring (bicyclic) bond motifs is 2. The quantitative estimate of drug-likeness (QED) is 0.281. The highest BCUT2D eigenvalue weighted by Gasteiger charge is 2.41. The Morgan fingerprint density at radius 1 is 1.00 bits per heavy atom. The summed E-state index contributed by atoms with van der Waals surface area (Å²) in [7, 11) is 0. The van der Waals surface area contributed by atoms with Gasteiger partial charge in [-0.1, -0.05) is 30.4 Å².